The van der Waals surface area contributed by atoms with Crippen LogP contribution in [0, 0.1) is 0 Å². The maximum atomic E-state index is 12.0. The number of rotatable bonds is 10. The van der Waals surface area contributed by atoms with Crippen molar-refractivity contribution in [2.24, 2.45) is 0 Å². The van der Waals surface area contributed by atoms with Crippen molar-refractivity contribution in [1.29, 1.82) is 0 Å². The van der Waals surface area contributed by atoms with Crippen LogP contribution in [0.15, 0.2) is 12.1 Å². The van der Waals surface area contributed by atoms with Crippen LogP contribution in [0.4, 0.5) is 0 Å². The van der Waals surface area contributed by atoms with Crippen molar-refractivity contribution in [3.8, 4) is 11.5 Å². The Morgan fingerprint density at radius 2 is 2.03 bits per heavy atom. The van der Waals surface area contributed by atoms with Crippen molar-refractivity contribution in [3.63, 3.8) is 0 Å². The van der Waals surface area contributed by atoms with Gasteiger partial charge in [0.05, 0.1) is 38.4 Å². The lowest BCUT2D eigenvalue weighted by molar-refractivity contribution is -0.909. The molecule has 7 nitrogen and oxygen atoms in total. The van der Waals surface area contributed by atoms with Crippen LogP contribution in [0.3, 0.4) is 0 Å². The van der Waals surface area contributed by atoms with Gasteiger partial charge in [0, 0.05) is 17.5 Å². The highest BCUT2D eigenvalue weighted by molar-refractivity contribution is 6.32. The molecule has 4 N–H and O–H groups in total. The lowest BCUT2D eigenvalue weighted by atomic mass is 10.1. The molecule has 0 aliphatic carbocycles. The molecule has 0 bridgehead atoms. The van der Waals surface area contributed by atoms with Gasteiger partial charge in [-0.15, -0.1) is 0 Å². The summed E-state index contributed by atoms with van der Waals surface area (Å²) in [6, 6.07) is 3.80. The Kier molecular flexibility index (Phi) is 9.49. The van der Waals surface area contributed by atoms with Crippen LogP contribution in [-0.4, -0.2) is 64.6 Å². The third-order valence-electron chi connectivity index (χ3n) is 4.67. The molecule has 1 amide bonds. The molecule has 0 radical (unpaired) electrons. The SMILES string of the molecule is COc1cc(C[NH2+]CCC[NH+]2CCOCC2)cc(Cl)c1OCC(=O)NC(C)(C)C. The van der Waals surface area contributed by atoms with E-state index in [9.17, 15) is 4.79 Å². The van der Waals surface area contributed by atoms with E-state index < -0.39 is 0 Å². The Labute approximate surface area is 179 Å². The second-order valence-electron chi connectivity index (χ2n) is 8.44. The largest absolute Gasteiger partial charge is 0.493 e. The van der Waals surface area contributed by atoms with Gasteiger partial charge in [0.25, 0.3) is 5.91 Å². The number of ether oxygens (including phenoxy) is 3. The van der Waals surface area contributed by atoms with E-state index in [1.54, 1.807) is 12.0 Å². The second-order valence-corrected chi connectivity index (χ2v) is 8.85. The van der Waals surface area contributed by atoms with E-state index in [0.29, 0.717) is 16.5 Å². The average Bonchev–Trinajstić information content (AvgIpc) is 2.66. The van der Waals surface area contributed by atoms with E-state index in [1.807, 2.05) is 32.9 Å². The smallest absolute Gasteiger partial charge is 0.258 e. The zero-order valence-corrected chi connectivity index (χ0v) is 18.9. The maximum Gasteiger partial charge on any atom is 0.258 e. The molecule has 1 aliphatic rings. The van der Waals surface area contributed by atoms with Gasteiger partial charge in [0.2, 0.25) is 0 Å². The van der Waals surface area contributed by atoms with E-state index in [1.165, 1.54) is 13.0 Å². The zero-order chi connectivity index (χ0) is 21.3. The lowest BCUT2D eigenvalue weighted by Crippen LogP contribution is -3.14. The van der Waals surface area contributed by atoms with Crippen LogP contribution in [0.2, 0.25) is 5.02 Å². The van der Waals surface area contributed by atoms with Gasteiger partial charge in [0.1, 0.15) is 19.6 Å². The fraction of sp³-hybridized carbons (Fsp3) is 0.667. The quantitative estimate of drug-likeness (QED) is 0.458. The van der Waals surface area contributed by atoms with E-state index in [-0.39, 0.29) is 18.1 Å². The summed E-state index contributed by atoms with van der Waals surface area (Å²) >= 11 is 6.41. The molecule has 0 atom stereocenters. The normalized spacial score (nSPS) is 15.2. The molecule has 1 aliphatic heterocycles. The lowest BCUT2D eigenvalue weighted by Gasteiger charge is -2.23. The van der Waals surface area contributed by atoms with Crippen molar-refractivity contribution < 1.29 is 29.2 Å². The summed E-state index contributed by atoms with van der Waals surface area (Å²) in [6.07, 6.45) is 1.17. The highest BCUT2D eigenvalue weighted by Gasteiger charge is 2.18. The fourth-order valence-electron chi connectivity index (χ4n) is 3.30. The molecule has 0 spiro atoms. The number of nitrogens with one attached hydrogen (secondary N) is 2. The molecular formula is C21H36ClN3O4+2. The number of halogens is 1. The summed E-state index contributed by atoms with van der Waals surface area (Å²) in [7, 11) is 1.58. The van der Waals surface area contributed by atoms with Gasteiger partial charge in [-0.2, -0.15) is 0 Å². The molecule has 1 aromatic carbocycles. The van der Waals surface area contributed by atoms with E-state index >= 15 is 0 Å². The molecule has 1 saturated heterocycles. The van der Waals surface area contributed by atoms with Crippen LogP contribution in [-0.2, 0) is 16.1 Å². The third-order valence-corrected chi connectivity index (χ3v) is 4.95. The Morgan fingerprint density at radius 3 is 2.69 bits per heavy atom. The Balaban J connectivity index is 1.81. The minimum Gasteiger partial charge on any atom is -0.493 e. The predicted molar refractivity (Wildman–Crippen MR) is 113 cm³/mol. The Morgan fingerprint density at radius 1 is 1.31 bits per heavy atom. The van der Waals surface area contributed by atoms with Crippen molar-refractivity contribution >= 4 is 17.5 Å². The molecule has 0 unspecified atom stereocenters. The monoisotopic (exact) mass is 429 g/mol. The van der Waals surface area contributed by atoms with E-state index in [0.717, 1.165) is 45.0 Å². The molecule has 164 valence electrons. The van der Waals surface area contributed by atoms with Crippen molar-refractivity contribution in [1.82, 2.24) is 5.32 Å². The standard InChI is InChI=1S/C21H34ClN3O4/c1-21(2,3)24-19(26)15-29-20-17(22)12-16(13-18(20)27-4)14-23-6-5-7-25-8-10-28-11-9-25/h12-13,23H,5-11,14-15H2,1-4H3,(H,24,26)/p+2. The third kappa shape index (κ3) is 8.78. The van der Waals surface area contributed by atoms with Crippen LogP contribution in [0.25, 0.3) is 0 Å². The van der Waals surface area contributed by atoms with E-state index in [4.69, 9.17) is 25.8 Å². The Hall–Kier alpha value is -1.54. The number of quaternary nitrogens is 2. The maximum absolute atomic E-state index is 12.0. The first-order valence-corrected chi connectivity index (χ1v) is 10.7. The second kappa shape index (κ2) is 11.6. The number of carbonyl (C=O) groups excluding carboxylic acids is 1. The molecule has 0 aromatic heterocycles. The van der Waals surface area contributed by atoms with Gasteiger partial charge in [-0.1, -0.05) is 11.6 Å². The topological polar surface area (TPSA) is 77.8 Å². The van der Waals surface area contributed by atoms with Crippen molar-refractivity contribution in [2.45, 2.75) is 39.3 Å². The molecule has 29 heavy (non-hydrogen) atoms. The summed E-state index contributed by atoms with van der Waals surface area (Å²) in [6.45, 7) is 12.7. The van der Waals surface area contributed by atoms with Crippen LogP contribution in [0.1, 0.15) is 32.8 Å². The zero-order valence-electron chi connectivity index (χ0n) is 18.1. The molecule has 8 heteroatoms. The van der Waals surface area contributed by atoms with Gasteiger partial charge in [-0.25, -0.2) is 0 Å². The van der Waals surface area contributed by atoms with Crippen molar-refractivity contribution in [3.05, 3.63) is 22.7 Å². The molecule has 0 saturated carbocycles. The number of hydrogen-bond donors (Lipinski definition) is 3. The summed E-state index contributed by atoms with van der Waals surface area (Å²) in [5, 5.41) is 5.59. The van der Waals surface area contributed by atoms with Gasteiger partial charge in [-0.3, -0.25) is 4.79 Å². The Bertz CT molecular complexity index is 658. The summed E-state index contributed by atoms with van der Waals surface area (Å²) in [4.78, 5) is 13.6. The number of morpholine rings is 1. The molecule has 1 fully saturated rings. The minimum absolute atomic E-state index is 0.108. The highest BCUT2D eigenvalue weighted by Crippen LogP contribution is 2.36. The van der Waals surface area contributed by atoms with Gasteiger partial charge >= 0.3 is 0 Å². The first-order valence-electron chi connectivity index (χ1n) is 10.3. The predicted octanol–water partition coefficient (Wildman–Crippen LogP) is 0.0107. The average molecular weight is 430 g/mol. The van der Waals surface area contributed by atoms with E-state index in [2.05, 4.69) is 10.6 Å². The van der Waals surface area contributed by atoms with Gasteiger partial charge < -0.3 is 29.7 Å². The van der Waals surface area contributed by atoms with Crippen LogP contribution in [0.5, 0.6) is 11.5 Å². The molecule has 2 rings (SSSR count). The minimum atomic E-state index is -0.308. The number of methoxy groups -OCH3 is 1. The van der Waals surface area contributed by atoms with Gasteiger partial charge in [0.15, 0.2) is 18.1 Å². The van der Waals surface area contributed by atoms with Crippen molar-refractivity contribution in [2.75, 3.05) is 53.1 Å². The summed E-state index contributed by atoms with van der Waals surface area (Å²) in [5.41, 5.74) is 0.758. The van der Waals surface area contributed by atoms with Crippen LogP contribution < -0.4 is 25.0 Å². The molecule has 1 aromatic rings. The van der Waals surface area contributed by atoms with Gasteiger partial charge in [-0.05, 0) is 32.9 Å². The summed E-state index contributed by atoms with van der Waals surface area (Å²) in [5.74, 6) is 0.746. The highest BCUT2D eigenvalue weighted by atomic mass is 35.5. The summed E-state index contributed by atoms with van der Waals surface area (Å²) < 4.78 is 16.5. The molecular weight excluding hydrogens is 394 g/mol. The number of benzene rings is 1. The first kappa shape index (κ1) is 23.7. The van der Waals surface area contributed by atoms with Crippen LogP contribution >= 0.6 is 11.6 Å². The fourth-order valence-corrected chi connectivity index (χ4v) is 3.59. The number of nitrogens with two attached hydrogens (primary N) is 1. The molecule has 1 heterocycles. The first-order chi connectivity index (χ1) is 13.8. The number of hydrogen-bond acceptors (Lipinski definition) is 4. The number of carbonyl (C=O) groups is 1. The number of amides is 1.